The van der Waals surface area contributed by atoms with E-state index in [9.17, 15) is 9.90 Å². The van der Waals surface area contributed by atoms with Crippen LogP contribution in [0.5, 0.6) is 0 Å². The summed E-state index contributed by atoms with van der Waals surface area (Å²) in [5.41, 5.74) is 3.72. The Bertz CT molecular complexity index is 865. The fourth-order valence-corrected chi connectivity index (χ4v) is 2.65. The first-order chi connectivity index (χ1) is 11.0. The van der Waals surface area contributed by atoms with Gasteiger partial charge in [0.2, 0.25) is 0 Å². The number of rotatable bonds is 4. The van der Waals surface area contributed by atoms with Crippen LogP contribution >= 0.6 is 0 Å². The Hall–Kier alpha value is -2.89. The van der Waals surface area contributed by atoms with Crippen LogP contribution in [0.3, 0.4) is 0 Å². The molecule has 3 heterocycles. The minimum Gasteiger partial charge on any atom is -0.480 e. The largest absolute Gasteiger partial charge is 0.480 e. The third-order valence-corrected chi connectivity index (χ3v) is 4.01. The van der Waals surface area contributed by atoms with E-state index in [-0.39, 0.29) is 0 Å². The Labute approximate surface area is 133 Å². The predicted molar refractivity (Wildman–Crippen MR) is 89.1 cm³/mol. The first kappa shape index (κ1) is 15.0. The van der Waals surface area contributed by atoms with Crippen molar-refractivity contribution in [1.82, 2.24) is 14.5 Å². The van der Waals surface area contributed by atoms with Gasteiger partial charge in [-0.2, -0.15) is 0 Å². The molecule has 0 radical (unpaired) electrons. The van der Waals surface area contributed by atoms with Gasteiger partial charge in [-0.15, -0.1) is 0 Å². The van der Waals surface area contributed by atoms with E-state index in [2.05, 4.69) is 15.3 Å². The SMILES string of the molecule is Cc1ccnc(C)c1Nc1nccc2c1ccn2C(C)C(=O)O. The van der Waals surface area contributed by atoms with E-state index in [1.807, 2.05) is 32.0 Å². The van der Waals surface area contributed by atoms with Crippen molar-refractivity contribution < 1.29 is 9.90 Å². The zero-order valence-corrected chi connectivity index (χ0v) is 13.2. The second-order valence-electron chi connectivity index (χ2n) is 5.54. The summed E-state index contributed by atoms with van der Waals surface area (Å²) in [7, 11) is 0. The number of carbonyl (C=O) groups is 1. The van der Waals surface area contributed by atoms with Crippen LogP contribution in [-0.4, -0.2) is 25.6 Å². The zero-order valence-electron chi connectivity index (χ0n) is 13.2. The number of hydrogen-bond donors (Lipinski definition) is 2. The van der Waals surface area contributed by atoms with Gasteiger partial charge < -0.3 is 15.0 Å². The number of carboxylic acid groups (broad SMARTS) is 1. The van der Waals surface area contributed by atoms with Gasteiger partial charge >= 0.3 is 5.97 Å². The van der Waals surface area contributed by atoms with Crippen LogP contribution in [0.1, 0.15) is 24.2 Å². The molecule has 6 heteroatoms. The van der Waals surface area contributed by atoms with Crippen LogP contribution in [0.15, 0.2) is 36.8 Å². The standard InChI is InChI=1S/C17H18N4O2/c1-10-4-7-18-11(2)15(10)20-16-13-6-9-21(12(3)17(22)23)14(13)5-8-19-16/h4-9,12H,1-3H3,(H,19,20)(H,22,23). The maximum Gasteiger partial charge on any atom is 0.326 e. The average Bonchev–Trinajstić information content (AvgIpc) is 2.95. The van der Waals surface area contributed by atoms with Crippen molar-refractivity contribution in [1.29, 1.82) is 0 Å². The number of anilines is 2. The van der Waals surface area contributed by atoms with Crippen molar-refractivity contribution in [3.05, 3.63) is 48.0 Å². The summed E-state index contributed by atoms with van der Waals surface area (Å²) in [5.74, 6) is -0.175. The summed E-state index contributed by atoms with van der Waals surface area (Å²) in [6.07, 6.45) is 5.23. The number of nitrogens with zero attached hydrogens (tertiary/aromatic N) is 3. The van der Waals surface area contributed by atoms with Crippen molar-refractivity contribution in [3.8, 4) is 0 Å². The van der Waals surface area contributed by atoms with E-state index >= 15 is 0 Å². The Balaban J connectivity index is 2.08. The minimum atomic E-state index is -0.868. The molecule has 0 aliphatic rings. The summed E-state index contributed by atoms with van der Waals surface area (Å²) >= 11 is 0. The van der Waals surface area contributed by atoms with E-state index in [0.29, 0.717) is 5.82 Å². The van der Waals surface area contributed by atoms with Crippen molar-refractivity contribution >= 4 is 28.4 Å². The highest BCUT2D eigenvalue weighted by molar-refractivity contribution is 5.93. The lowest BCUT2D eigenvalue weighted by Gasteiger charge is -2.13. The number of aromatic nitrogens is 3. The van der Waals surface area contributed by atoms with Crippen LogP contribution in [-0.2, 0) is 4.79 Å². The molecular formula is C17H18N4O2. The van der Waals surface area contributed by atoms with Crippen LogP contribution < -0.4 is 5.32 Å². The number of aryl methyl sites for hydroxylation is 2. The van der Waals surface area contributed by atoms with Crippen LogP contribution in [0, 0.1) is 13.8 Å². The monoisotopic (exact) mass is 310 g/mol. The number of hydrogen-bond acceptors (Lipinski definition) is 4. The molecule has 3 rings (SSSR count). The van der Waals surface area contributed by atoms with Crippen molar-refractivity contribution in [3.63, 3.8) is 0 Å². The molecule has 0 spiro atoms. The highest BCUT2D eigenvalue weighted by Crippen LogP contribution is 2.29. The fourth-order valence-electron chi connectivity index (χ4n) is 2.65. The number of fused-ring (bicyclic) bond motifs is 1. The Morgan fingerprint density at radius 2 is 1.96 bits per heavy atom. The highest BCUT2D eigenvalue weighted by atomic mass is 16.4. The fraction of sp³-hybridized carbons (Fsp3) is 0.235. The van der Waals surface area contributed by atoms with Crippen LogP contribution in [0.4, 0.5) is 11.5 Å². The second-order valence-corrected chi connectivity index (χ2v) is 5.54. The maximum absolute atomic E-state index is 11.2. The second kappa shape index (κ2) is 5.72. The summed E-state index contributed by atoms with van der Waals surface area (Å²) in [5, 5.41) is 13.4. The van der Waals surface area contributed by atoms with Crippen molar-refractivity contribution in [2.24, 2.45) is 0 Å². The van der Waals surface area contributed by atoms with Gasteiger partial charge in [-0.1, -0.05) is 0 Å². The minimum absolute atomic E-state index is 0.635. The lowest BCUT2D eigenvalue weighted by Crippen LogP contribution is -2.14. The van der Waals surface area contributed by atoms with Gasteiger partial charge in [-0.05, 0) is 44.5 Å². The van der Waals surface area contributed by atoms with Gasteiger partial charge in [0, 0.05) is 24.0 Å². The topological polar surface area (TPSA) is 80.0 Å². The molecule has 3 aromatic rings. The normalized spacial score (nSPS) is 12.3. The molecule has 6 nitrogen and oxygen atoms in total. The number of aliphatic carboxylic acids is 1. The van der Waals surface area contributed by atoms with Gasteiger partial charge in [-0.25, -0.2) is 9.78 Å². The quantitative estimate of drug-likeness (QED) is 0.771. The van der Waals surface area contributed by atoms with E-state index in [1.165, 1.54) is 0 Å². The zero-order chi connectivity index (χ0) is 16.6. The molecule has 0 aromatic carbocycles. The summed E-state index contributed by atoms with van der Waals surface area (Å²) in [6, 6.07) is 5.01. The first-order valence-electron chi connectivity index (χ1n) is 7.36. The van der Waals surface area contributed by atoms with Crippen LogP contribution in [0.2, 0.25) is 0 Å². The molecule has 0 saturated carbocycles. The molecule has 0 bridgehead atoms. The van der Waals surface area contributed by atoms with Gasteiger partial charge in [0.15, 0.2) is 0 Å². The van der Waals surface area contributed by atoms with Crippen LogP contribution in [0.25, 0.3) is 10.9 Å². The molecule has 3 aromatic heterocycles. The molecular weight excluding hydrogens is 292 g/mol. The average molecular weight is 310 g/mol. The lowest BCUT2D eigenvalue weighted by molar-refractivity contribution is -0.140. The Kier molecular flexibility index (Phi) is 3.73. The van der Waals surface area contributed by atoms with E-state index < -0.39 is 12.0 Å². The summed E-state index contributed by atoms with van der Waals surface area (Å²) < 4.78 is 1.73. The van der Waals surface area contributed by atoms with E-state index in [0.717, 1.165) is 27.8 Å². The molecule has 118 valence electrons. The molecule has 2 N–H and O–H groups in total. The molecule has 0 saturated heterocycles. The Morgan fingerprint density at radius 3 is 2.65 bits per heavy atom. The third-order valence-electron chi connectivity index (χ3n) is 4.01. The highest BCUT2D eigenvalue weighted by Gasteiger charge is 2.17. The van der Waals surface area contributed by atoms with Gasteiger partial charge in [-0.3, -0.25) is 4.98 Å². The third kappa shape index (κ3) is 2.63. The number of carboxylic acids is 1. The van der Waals surface area contributed by atoms with Gasteiger partial charge in [0.05, 0.1) is 16.9 Å². The van der Waals surface area contributed by atoms with Gasteiger partial charge in [0.1, 0.15) is 11.9 Å². The Morgan fingerprint density at radius 1 is 1.22 bits per heavy atom. The first-order valence-corrected chi connectivity index (χ1v) is 7.36. The van der Waals surface area contributed by atoms with Crippen molar-refractivity contribution in [2.45, 2.75) is 26.8 Å². The van der Waals surface area contributed by atoms with Gasteiger partial charge in [0.25, 0.3) is 0 Å². The predicted octanol–water partition coefficient (Wildman–Crippen LogP) is 3.44. The van der Waals surface area contributed by atoms with E-state index in [4.69, 9.17) is 0 Å². The molecule has 0 amide bonds. The molecule has 0 aliphatic heterocycles. The molecule has 1 atom stereocenters. The number of nitrogens with one attached hydrogen (secondary N) is 1. The smallest absolute Gasteiger partial charge is 0.326 e. The lowest BCUT2D eigenvalue weighted by atomic mass is 10.2. The van der Waals surface area contributed by atoms with E-state index in [1.54, 1.807) is 30.1 Å². The number of pyridine rings is 2. The summed E-state index contributed by atoms with van der Waals surface area (Å²) in [4.78, 5) is 19.9. The van der Waals surface area contributed by atoms with Crippen molar-refractivity contribution in [2.75, 3.05) is 5.32 Å². The molecule has 0 aliphatic carbocycles. The summed E-state index contributed by atoms with van der Waals surface area (Å²) in [6.45, 7) is 5.60. The molecule has 0 fully saturated rings. The maximum atomic E-state index is 11.2. The molecule has 1 unspecified atom stereocenters. The molecule has 23 heavy (non-hydrogen) atoms.